The molecule has 1 heterocycles. The molecule has 2 rings (SSSR count). The summed E-state index contributed by atoms with van der Waals surface area (Å²) < 4.78 is 43.1. The summed E-state index contributed by atoms with van der Waals surface area (Å²) in [6.07, 6.45) is -1.60. The lowest BCUT2D eigenvalue weighted by atomic mass is 10.0. The third kappa shape index (κ3) is 2.81. The molecule has 100 valence electrons. The lowest BCUT2D eigenvalue weighted by molar-refractivity contribution is -0.137. The molecule has 0 spiro atoms. The second-order valence-corrected chi connectivity index (χ2v) is 4.19. The van der Waals surface area contributed by atoms with E-state index in [9.17, 15) is 13.2 Å². The largest absolute Gasteiger partial charge is 0.494 e. The smallest absolute Gasteiger partial charge is 0.416 e. The van der Waals surface area contributed by atoms with E-state index < -0.39 is 11.7 Å². The normalized spacial score (nSPS) is 11.4. The van der Waals surface area contributed by atoms with Crippen molar-refractivity contribution in [3.8, 4) is 16.9 Å². The van der Waals surface area contributed by atoms with Crippen LogP contribution in [-0.2, 0) is 6.18 Å². The molecule has 0 unspecified atom stereocenters. The average molecular weight is 288 g/mol. The minimum absolute atomic E-state index is 0.248. The molecule has 2 aromatic rings. The number of aromatic nitrogens is 1. The zero-order valence-electron chi connectivity index (χ0n) is 9.83. The van der Waals surface area contributed by atoms with Gasteiger partial charge in [-0.05, 0) is 17.7 Å². The Bertz CT molecular complexity index is 599. The van der Waals surface area contributed by atoms with Gasteiger partial charge in [-0.1, -0.05) is 23.7 Å². The highest BCUT2D eigenvalue weighted by atomic mass is 35.5. The molecule has 0 aliphatic rings. The van der Waals surface area contributed by atoms with E-state index in [1.165, 1.54) is 25.6 Å². The summed E-state index contributed by atoms with van der Waals surface area (Å²) in [6.45, 7) is 0. The first-order valence-corrected chi connectivity index (χ1v) is 5.66. The van der Waals surface area contributed by atoms with Crippen molar-refractivity contribution < 1.29 is 17.9 Å². The van der Waals surface area contributed by atoms with Gasteiger partial charge in [0.15, 0.2) is 0 Å². The maximum Gasteiger partial charge on any atom is 0.416 e. The van der Waals surface area contributed by atoms with Crippen LogP contribution in [0.25, 0.3) is 11.1 Å². The number of methoxy groups -OCH3 is 1. The molecule has 0 aliphatic heterocycles. The third-order valence-corrected chi connectivity index (χ3v) is 2.83. The minimum Gasteiger partial charge on any atom is -0.494 e. The molecule has 0 N–H and O–H groups in total. The van der Waals surface area contributed by atoms with E-state index in [0.717, 1.165) is 12.1 Å². The van der Waals surface area contributed by atoms with Crippen LogP contribution < -0.4 is 4.74 Å². The van der Waals surface area contributed by atoms with Gasteiger partial charge in [-0.2, -0.15) is 13.2 Å². The second-order valence-electron chi connectivity index (χ2n) is 3.78. The highest BCUT2D eigenvalue weighted by Crippen LogP contribution is 2.37. The van der Waals surface area contributed by atoms with Crippen molar-refractivity contribution in [2.24, 2.45) is 0 Å². The molecular formula is C13H9ClF3NO. The fourth-order valence-corrected chi connectivity index (χ4v) is 1.93. The number of alkyl halides is 3. The van der Waals surface area contributed by atoms with Crippen LogP contribution >= 0.6 is 11.6 Å². The predicted molar refractivity (Wildman–Crippen MR) is 66.2 cm³/mol. The van der Waals surface area contributed by atoms with Gasteiger partial charge in [-0.3, -0.25) is 4.98 Å². The Labute approximate surface area is 112 Å². The molecular weight excluding hydrogens is 279 g/mol. The van der Waals surface area contributed by atoms with Crippen LogP contribution in [0.1, 0.15) is 5.56 Å². The third-order valence-electron chi connectivity index (χ3n) is 2.56. The maximum atomic E-state index is 12.7. The van der Waals surface area contributed by atoms with E-state index in [2.05, 4.69) is 4.98 Å². The zero-order chi connectivity index (χ0) is 14.0. The topological polar surface area (TPSA) is 22.1 Å². The molecule has 0 bridgehead atoms. The highest BCUT2D eigenvalue weighted by molar-refractivity contribution is 6.32. The first kappa shape index (κ1) is 13.7. The minimum atomic E-state index is -4.39. The number of benzene rings is 1. The summed E-state index contributed by atoms with van der Waals surface area (Å²) in [5, 5.41) is 0.248. The molecule has 0 fully saturated rings. The lowest BCUT2D eigenvalue weighted by Crippen LogP contribution is -2.04. The first-order chi connectivity index (χ1) is 8.93. The van der Waals surface area contributed by atoms with Gasteiger partial charge in [-0.25, -0.2) is 0 Å². The summed E-state index contributed by atoms with van der Waals surface area (Å²) in [7, 11) is 1.40. The number of halogens is 4. The van der Waals surface area contributed by atoms with Crippen LogP contribution in [0.5, 0.6) is 5.75 Å². The summed E-state index contributed by atoms with van der Waals surface area (Å²) in [4.78, 5) is 3.87. The average Bonchev–Trinajstić information content (AvgIpc) is 2.37. The standard InChI is InChI=1S/C13H9ClF3NO/c1-19-12-10(6-18-7-11(12)14)8-3-2-4-9(5-8)13(15,16)17/h2-7H,1H3. The number of hydrogen-bond acceptors (Lipinski definition) is 2. The van der Waals surface area contributed by atoms with Crippen molar-refractivity contribution >= 4 is 11.6 Å². The molecule has 2 nitrogen and oxygen atoms in total. The van der Waals surface area contributed by atoms with Crippen LogP contribution in [-0.4, -0.2) is 12.1 Å². The van der Waals surface area contributed by atoms with E-state index >= 15 is 0 Å². The number of pyridine rings is 1. The predicted octanol–water partition coefficient (Wildman–Crippen LogP) is 4.43. The Hall–Kier alpha value is -1.75. The fourth-order valence-electron chi connectivity index (χ4n) is 1.70. The van der Waals surface area contributed by atoms with Crippen LogP contribution in [0, 0.1) is 0 Å². The quantitative estimate of drug-likeness (QED) is 0.815. The number of nitrogens with zero attached hydrogens (tertiary/aromatic N) is 1. The SMILES string of the molecule is COc1c(Cl)cncc1-c1cccc(C(F)(F)F)c1. The number of hydrogen-bond donors (Lipinski definition) is 0. The van der Waals surface area contributed by atoms with Crippen molar-refractivity contribution in [1.82, 2.24) is 4.98 Å². The van der Waals surface area contributed by atoms with Crippen LogP contribution in [0.3, 0.4) is 0 Å². The van der Waals surface area contributed by atoms with Gasteiger partial charge >= 0.3 is 6.18 Å². The fraction of sp³-hybridized carbons (Fsp3) is 0.154. The summed E-state index contributed by atoms with van der Waals surface area (Å²) in [5.41, 5.74) is 0.0369. The molecule has 0 saturated carbocycles. The molecule has 19 heavy (non-hydrogen) atoms. The summed E-state index contributed by atoms with van der Waals surface area (Å²) in [6, 6.07) is 4.92. The Morgan fingerprint density at radius 2 is 1.95 bits per heavy atom. The van der Waals surface area contributed by atoms with Gasteiger partial charge in [0.25, 0.3) is 0 Å². The zero-order valence-corrected chi connectivity index (χ0v) is 10.6. The highest BCUT2D eigenvalue weighted by Gasteiger charge is 2.30. The van der Waals surface area contributed by atoms with Gasteiger partial charge < -0.3 is 4.74 Å². The van der Waals surface area contributed by atoms with Gasteiger partial charge in [0, 0.05) is 18.0 Å². The molecule has 0 radical (unpaired) electrons. The number of rotatable bonds is 2. The molecule has 0 atom stereocenters. The number of ether oxygens (including phenoxy) is 1. The van der Waals surface area contributed by atoms with Crippen LogP contribution in [0.4, 0.5) is 13.2 Å². The second kappa shape index (κ2) is 5.09. The van der Waals surface area contributed by atoms with Crippen molar-refractivity contribution in [3.63, 3.8) is 0 Å². The van der Waals surface area contributed by atoms with Gasteiger partial charge in [0.2, 0.25) is 0 Å². The maximum absolute atomic E-state index is 12.7. The van der Waals surface area contributed by atoms with E-state index in [4.69, 9.17) is 16.3 Å². The summed E-state index contributed by atoms with van der Waals surface area (Å²) in [5.74, 6) is 0.302. The summed E-state index contributed by atoms with van der Waals surface area (Å²) >= 11 is 5.90. The van der Waals surface area contributed by atoms with E-state index in [1.54, 1.807) is 6.07 Å². The van der Waals surface area contributed by atoms with E-state index in [-0.39, 0.29) is 5.02 Å². The Balaban J connectivity index is 2.57. The van der Waals surface area contributed by atoms with Crippen molar-refractivity contribution in [1.29, 1.82) is 0 Å². The molecule has 6 heteroatoms. The lowest BCUT2D eigenvalue weighted by Gasteiger charge is -2.12. The van der Waals surface area contributed by atoms with Crippen LogP contribution in [0.15, 0.2) is 36.7 Å². The van der Waals surface area contributed by atoms with Crippen molar-refractivity contribution in [2.75, 3.05) is 7.11 Å². The van der Waals surface area contributed by atoms with Gasteiger partial charge in [-0.15, -0.1) is 0 Å². The van der Waals surface area contributed by atoms with Crippen molar-refractivity contribution in [2.45, 2.75) is 6.18 Å². The van der Waals surface area contributed by atoms with Gasteiger partial charge in [0.1, 0.15) is 10.8 Å². The van der Waals surface area contributed by atoms with E-state index in [1.807, 2.05) is 0 Å². The monoisotopic (exact) mass is 287 g/mol. The van der Waals surface area contributed by atoms with Crippen LogP contribution in [0.2, 0.25) is 5.02 Å². The molecule has 1 aromatic heterocycles. The Morgan fingerprint density at radius 3 is 2.58 bits per heavy atom. The Morgan fingerprint density at radius 1 is 1.21 bits per heavy atom. The molecule has 1 aromatic carbocycles. The Kier molecular flexibility index (Phi) is 3.66. The molecule has 0 saturated heterocycles. The molecule has 0 amide bonds. The molecule has 0 aliphatic carbocycles. The van der Waals surface area contributed by atoms with E-state index in [0.29, 0.717) is 16.9 Å². The van der Waals surface area contributed by atoms with Gasteiger partial charge in [0.05, 0.1) is 12.7 Å². The van der Waals surface area contributed by atoms with Crippen molar-refractivity contribution in [3.05, 3.63) is 47.2 Å². The first-order valence-electron chi connectivity index (χ1n) is 5.28.